The molecule has 0 saturated heterocycles. The first-order chi connectivity index (χ1) is 5.79. The number of hydrogen-bond donors (Lipinski definition) is 0. The van der Waals surface area contributed by atoms with Gasteiger partial charge in [0.25, 0.3) is 0 Å². The monoisotopic (exact) mass is 158 g/mol. The van der Waals surface area contributed by atoms with E-state index in [-0.39, 0.29) is 5.78 Å². The molecule has 1 nitrogen and oxygen atoms in total. The zero-order valence-corrected chi connectivity index (χ0v) is 6.84. The van der Waals surface area contributed by atoms with Crippen LogP contribution in [0.25, 0.3) is 0 Å². The maximum absolute atomic E-state index is 11.4. The van der Waals surface area contributed by atoms with E-state index < -0.39 is 0 Å². The van der Waals surface area contributed by atoms with E-state index in [1.807, 2.05) is 12.2 Å². The third-order valence-electron chi connectivity index (χ3n) is 2.21. The van der Waals surface area contributed by atoms with Gasteiger partial charge in [-0.2, -0.15) is 0 Å². The molecule has 2 rings (SSSR count). The Hall–Kier alpha value is -1.37. The molecule has 0 heterocycles. The van der Waals surface area contributed by atoms with Crippen LogP contribution in [0.2, 0.25) is 0 Å². The van der Waals surface area contributed by atoms with Crippen molar-refractivity contribution in [3.8, 4) is 0 Å². The number of allylic oxidation sites excluding steroid dienone is 7. The normalized spacial score (nSPS) is 21.7. The van der Waals surface area contributed by atoms with Crippen molar-refractivity contribution in [3.05, 3.63) is 47.6 Å². The first-order valence-corrected chi connectivity index (χ1v) is 4.08. The molecule has 0 saturated carbocycles. The van der Waals surface area contributed by atoms with Gasteiger partial charge in [0.15, 0.2) is 5.78 Å². The van der Waals surface area contributed by atoms with Crippen molar-refractivity contribution in [2.24, 2.45) is 0 Å². The van der Waals surface area contributed by atoms with Crippen molar-refractivity contribution in [3.63, 3.8) is 0 Å². The highest BCUT2D eigenvalue weighted by molar-refractivity contribution is 6.09. The Morgan fingerprint density at radius 1 is 1.17 bits per heavy atom. The molecule has 0 aromatic rings. The zero-order valence-electron chi connectivity index (χ0n) is 6.84. The predicted octanol–water partition coefficient (Wildman–Crippen LogP) is 2.33. The molecule has 0 aromatic heterocycles. The minimum absolute atomic E-state index is 0.116. The Labute approximate surface area is 71.8 Å². The van der Waals surface area contributed by atoms with Crippen LogP contribution in [0.5, 0.6) is 0 Å². The van der Waals surface area contributed by atoms with E-state index in [2.05, 4.69) is 12.7 Å². The fourth-order valence-corrected chi connectivity index (χ4v) is 1.63. The average Bonchev–Trinajstić information content (AvgIpc) is 2.04. The van der Waals surface area contributed by atoms with Crippen molar-refractivity contribution < 1.29 is 4.79 Å². The number of carbonyl (C=O) groups excluding carboxylic acids is 1. The van der Waals surface area contributed by atoms with Crippen LogP contribution < -0.4 is 0 Å². The summed E-state index contributed by atoms with van der Waals surface area (Å²) >= 11 is 0. The Balaban J connectivity index is 2.50. The van der Waals surface area contributed by atoms with Crippen LogP contribution in [0, 0.1) is 0 Å². The molecule has 2 aliphatic carbocycles. The summed E-state index contributed by atoms with van der Waals surface area (Å²) in [5.74, 6) is 0.116. The fourth-order valence-electron chi connectivity index (χ4n) is 1.63. The number of ketones is 1. The van der Waals surface area contributed by atoms with Crippen LogP contribution in [0.15, 0.2) is 47.6 Å². The molecule has 0 N–H and O–H groups in total. The highest BCUT2D eigenvalue weighted by Crippen LogP contribution is 2.29. The van der Waals surface area contributed by atoms with E-state index in [1.165, 1.54) is 0 Å². The topological polar surface area (TPSA) is 17.1 Å². The highest BCUT2D eigenvalue weighted by Gasteiger charge is 2.19. The molecule has 0 spiro atoms. The molecular weight excluding hydrogens is 148 g/mol. The minimum atomic E-state index is 0.116. The molecule has 0 unspecified atom stereocenters. The summed E-state index contributed by atoms with van der Waals surface area (Å²) in [5.41, 5.74) is 2.93. The molecular formula is C11H10O. The molecule has 12 heavy (non-hydrogen) atoms. The van der Waals surface area contributed by atoms with Gasteiger partial charge in [-0.25, -0.2) is 0 Å². The molecule has 0 fully saturated rings. The van der Waals surface area contributed by atoms with Crippen molar-refractivity contribution in [2.45, 2.75) is 12.8 Å². The Bertz CT molecular complexity index is 340. The second kappa shape index (κ2) is 2.59. The Morgan fingerprint density at radius 2 is 1.92 bits per heavy atom. The lowest BCUT2D eigenvalue weighted by atomic mass is 9.86. The van der Waals surface area contributed by atoms with Crippen molar-refractivity contribution in [1.82, 2.24) is 0 Å². The van der Waals surface area contributed by atoms with Crippen molar-refractivity contribution >= 4 is 5.78 Å². The molecule has 0 bridgehead atoms. The van der Waals surface area contributed by atoms with E-state index in [0.717, 1.165) is 29.6 Å². The van der Waals surface area contributed by atoms with E-state index in [0.29, 0.717) is 0 Å². The van der Waals surface area contributed by atoms with E-state index >= 15 is 0 Å². The van der Waals surface area contributed by atoms with Gasteiger partial charge in [-0.15, -0.1) is 0 Å². The van der Waals surface area contributed by atoms with Gasteiger partial charge in [0.1, 0.15) is 0 Å². The summed E-state index contributed by atoms with van der Waals surface area (Å²) in [6, 6.07) is 0. The second-order valence-corrected chi connectivity index (χ2v) is 3.08. The maximum Gasteiger partial charge on any atom is 0.186 e. The van der Waals surface area contributed by atoms with Gasteiger partial charge in [0.2, 0.25) is 0 Å². The lowest BCUT2D eigenvalue weighted by molar-refractivity contribution is -0.111. The Kier molecular flexibility index (Phi) is 1.58. The predicted molar refractivity (Wildman–Crippen MR) is 48.7 cm³/mol. The maximum atomic E-state index is 11.4. The molecule has 60 valence electrons. The quantitative estimate of drug-likeness (QED) is 0.528. The highest BCUT2D eigenvalue weighted by atomic mass is 16.1. The van der Waals surface area contributed by atoms with Crippen LogP contribution in [0.3, 0.4) is 0 Å². The summed E-state index contributed by atoms with van der Waals surface area (Å²) in [6.45, 7) is 3.89. The van der Waals surface area contributed by atoms with Gasteiger partial charge in [-0.05, 0) is 30.1 Å². The fraction of sp³-hybridized carbons (Fsp3) is 0.182. The van der Waals surface area contributed by atoms with Crippen LogP contribution in [0.4, 0.5) is 0 Å². The zero-order chi connectivity index (χ0) is 8.55. The van der Waals surface area contributed by atoms with E-state index in [4.69, 9.17) is 0 Å². The van der Waals surface area contributed by atoms with Gasteiger partial charge in [0.05, 0.1) is 0 Å². The SMILES string of the molecule is C=C1CC=CC2=C1C(=O)C=CC2. The van der Waals surface area contributed by atoms with Crippen LogP contribution >= 0.6 is 0 Å². The standard InChI is InChI=1S/C11H10O/c1-8-4-2-5-9-6-3-7-10(12)11(8)9/h2-3,5,7H,1,4,6H2. The molecule has 0 aromatic carbocycles. The average molecular weight is 158 g/mol. The first-order valence-electron chi connectivity index (χ1n) is 4.08. The summed E-state index contributed by atoms with van der Waals surface area (Å²) in [7, 11) is 0. The Morgan fingerprint density at radius 3 is 2.67 bits per heavy atom. The van der Waals surface area contributed by atoms with Gasteiger partial charge in [-0.3, -0.25) is 4.79 Å². The van der Waals surface area contributed by atoms with Gasteiger partial charge in [0, 0.05) is 5.57 Å². The minimum Gasteiger partial charge on any atom is -0.289 e. The number of hydrogen-bond acceptors (Lipinski definition) is 1. The summed E-state index contributed by atoms with van der Waals surface area (Å²) in [5, 5.41) is 0. The lowest BCUT2D eigenvalue weighted by Gasteiger charge is -2.17. The van der Waals surface area contributed by atoms with Crippen molar-refractivity contribution in [2.75, 3.05) is 0 Å². The van der Waals surface area contributed by atoms with E-state index in [1.54, 1.807) is 6.08 Å². The smallest absolute Gasteiger partial charge is 0.186 e. The third-order valence-corrected chi connectivity index (χ3v) is 2.21. The van der Waals surface area contributed by atoms with Crippen LogP contribution in [0.1, 0.15) is 12.8 Å². The van der Waals surface area contributed by atoms with Gasteiger partial charge >= 0.3 is 0 Å². The molecule has 1 heteroatoms. The molecule has 0 aliphatic heterocycles. The molecule has 0 atom stereocenters. The number of rotatable bonds is 0. The summed E-state index contributed by atoms with van der Waals surface area (Å²) in [6.07, 6.45) is 9.33. The third kappa shape index (κ3) is 0.981. The summed E-state index contributed by atoms with van der Waals surface area (Å²) in [4.78, 5) is 11.4. The lowest BCUT2D eigenvalue weighted by Crippen LogP contribution is -2.10. The number of carbonyl (C=O) groups is 1. The molecule has 0 radical (unpaired) electrons. The van der Waals surface area contributed by atoms with Crippen LogP contribution in [-0.4, -0.2) is 5.78 Å². The summed E-state index contributed by atoms with van der Waals surface area (Å²) < 4.78 is 0. The van der Waals surface area contributed by atoms with Crippen LogP contribution in [-0.2, 0) is 4.79 Å². The van der Waals surface area contributed by atoms with E-state index in [9.17, 15) is 4.79 Å². The van der Waals surface area contributed by atoms with Crippen molar-refractivity contribution in [1.29, 1.82) is 0 Å². The molecule has 2 aliphatic rings. The first kappa shape index (κ1) is 7.29. The molecule has 0 amide bonds. The van der Waals surface area contributed by atoms with Gasteiger partial charge < -0.3 is 0 Å². The van der Waals surface area contributed by atoms with Gasteiger partial charge in [-0.1, -0.05) is 24.8 Å². The largest absolute Gasteiger partial charge is 0.289 e. The second-order valence-electron chi connectivity index (χ2n) is 3.08.